The van der Waals surface area contributed by atoms with Crippen LogP contribution in [0.2, 0.25) is 0 Å². The van der Waals surface area contributed by atoms with Crippen LogP contribution in [-0.2, 0) is 31.9 Å². The standard InChI is InChI=1S/C26H27NO6S/c1-3-31-26(30)23-20-10-6-7-11-21(20)34-25(23)27-24(29)16(2)33-22(28)15-32-19-13-12-17-8-4-5-9-18(17)14-19/h4-5,8-9,12-14,16H,3,6-7,10-11,15H2,1-2H3,(H,27,29). The summed E-state index contributed by atoms with van der Waals surface area (Å²) in [6.07, 6.45) is 2.65. The van der Waals surface area contributed by atoms with Crippen molar-refractivity contribution in [3.05, 3.63) is 58.5 Å². The Labute approximate surface area is 202 Å². The van der Waals surface area contributed by atoms with Gasteiger partial charge in [-0.1, -0.05) is 30.3 Å². The van der Waals surface area contributed by atoms with E-state index in [0.29, 0.717) is 16.3 Å². The van der Waals surface area contributed by atoms with E-state index >= 15 is 0 Å². The smallest absolute Gasteiger partial charge is 0.344 e. The Kier molecular flexibility index (Phi) is 7.47. The van der Waals surface area contributed by atoms with E-state index in [4.69, 9.17) is 14.2 Å². The molecule has 178 valence electrons. The molecule has 8 heteroatoms. The number of esters is 2. The molecule has 1 aliphatic carbocycles. The quantitative estimate of drug-likeness (QED) is 0.460. The van der Waals surface area contributed by atoms with E-state index in [0.717, 1.165) is 46.9 Å². The molecule has 0 spiro atoms. The van der Waals surface area contributed by atoms with E-state index in [1.54, 1.807) is 13.0 Å². The van der Waals surface area contributed by atoms with Gasteiger partial charge in [0.25, 0.3) is 5.91 Å². The van der Waals surface area contributed by atoms with Crippen LogP contribution in [0.1, 0.15) is 47.5 Å². The van der Waals surface area contributed by atoms with E-state index in [9.17, 15) is 14.4 Å². The lowest BCUT2D eigenvalue weighted by Crippen LogP contribution is -2.32. The minimum absolute atomic E-state index is 0.252. The highest BCUT2D eigenvalue weighted by atomic mass is 32.1. The molecule has 1 atom stereocenters. The van der Waals surface area contributed by atoms with Crippen LogP contribution in [0.15, 0.2) is 42.5 Å². The number of benzene rings is 2. The SMILES string of the molecule is CCOC(=O)c1c(NC(=O)C(C)OC(=O)COc2ccc3ccccc3c2)sc2c1CCCC2. The molecule has 7 nitrogen and oxygen atoms in total. The van der Waals surface area contributed by atoms with Crippen LogP contribution in [0.3, 0.4) is 0 Å². The largest absolute Gasteiger partial charge is 0.482 e. The zero-order valence-corrected chi connectivity index (χ0v) is 20.0. The molecule has 34 heavy (non-hydrogen) atoms. The molecule has 3 aromatic rings. The third-order valence-electron chi connectivity index (χ3n) is 5.64. The van der Waals surface area contributed by atoms with Crippen LogP contribution >= 0.6 is 11.3 Å². The van der Waals surface area contributed by atoms with Crippen molar-refractivity contribution < 1.29 is 28.6 Å². The number of hydrogen-bond acceptors (Lipinski definition) is 7. The third kappa shape index (κ3) is 5.39. The summed E-state index contributed by atoms with van der Waals surface area (Å²) < 4.78 is 16.0. The Morgan fingerprint density at radius 2 is 1.82 bits per heavy atom. The number of carbonyl (C=O) groups is 3. The summed E-state index contributed by atoms with van der Waals surface area (Å²) in [4.78, 5) is 38.7. The number of thiophene rings is 1. The predicted octanol–water partition coefficient (Wildman–Crippen LogP) is 4.91. The first-order valence-electron chi connectivity index (χ1n) is 11.4. The first kappa shape index (κ1) is 23.8. The fourth-order valence-corrected chi connectivity index (χ4v) is 5.25. The second-order valence-electron chi connectivity index (χ2n) is 8.05. The van der Waals surface area contributed by atoms with Crippen LogP contribution < -0.4 is 10.1 Å². The number of anilines is 1. The van der Waals surface area contributed by atoms with Crippen LogP contribution in [-0.4, -0.2) is 37.2 Å². The maximum absolute atomic E-state index is 12.7. The number of fused-ring (bicyclic) bond motifs is 2. The second kappa shape index (κ2) is 10.7. The maximum Gasteiger partial charge on any atom is 0.344 e. The van der Waals surface area contributed by atoms with Crippen LogP contribution in [0.4, 0.5) is 5.00 Å². The minimum Gasteiger partial charge on any atom is -0.482 e. The molecule has 0 aliphatic heterocycles. The number of nitrogens with one attached hydrogen (secondary N) is 1. The van der Waals surface area contributed by atoms with Gasteiger partial charge >= 0.3 is 11.9 Å². The van der Waals surface area contributed by atoms with Crippen molar-refractivity contribution in [3.8, 4) is 5.75 Å². The third-order valence-corrected chi connectivity index (χ3v) is 6.85. The normalized spacial score (nSPS) is 13.6. The molecule has 1 heterocycles. The lowest BCUT2D eigenvalue weighted by atomic mass is 9.95. The number of aryl methyl sites for hydroxylation is 1. The summed E-state index contributed by atoms with van der Waals surface area (Å²) in [5, 5.41) is 5.28. The summed E-state index contributed by atoms with van der Waals surface area (Å²) in [6.45, 7) is 3.16. The van der Waals surface area contributed by atoms with Crippen molar-refractivity contribution in [1.29, 1.82) is 0 Å². The van der Waals surface area contributed by atoms with Crippen LogP contribution in [0.5, 0.6) is 5.75 Å². The first-order chi connectivity index (χ1) is 16.5. The van der Waals surface area contributed by atoms with Gasteiger partial charge in [-0.2, -0.15) is 0 Å². The average molecular weight is 482 g/mol. The van der Waals surface area contributed by atoms with E-state index in [1.807, 2.05) is 36.4 Å². The molecule has 0 fully saturated rings. The summed E-state index contributed by atoms with van der Waals surface area (Å²) in [5.74, 6) is -1.07. The highest BCUT2D eigenvalue weighted by Gasteiger charge is 2.28. The molecule has 1 amide bonds. The van der Waals surface area contributed by atoms with Crippen molar-refractivity contribution >= 4 is 45.0 Å². The van der Waals surface area contributed by atoms with Gasteiger partial charge in [-0.3, -0.25) is 4.79 Å². The van der Waals surface area contributed by atoms with Crippen LogP contribution in [0, 0.1) is 0 Å². The summed E-state index contributed by atoms with van der Waals surface area (Å²) in [7, 11) is 0. The maximum atomic E-state index is 12.7. The van der Waals surface area contributed by atoms with Gasteiger partial charge in [-0.15, -0.1) is 11.3 Å². The summed E-state index contributed by atoms with van der Waals surface area (Å²) >= 11 is 1.39. The molecular formula is C26H27NO6S. The fourth-order valence-electron chi connectivity index (χ4n) is 3.97. The highest BCUT2D eigenvalue weighted by Crippen LogP contribution is 2.38. The fraction of sp³-hybridized carbons (Fsp3) is 0.346. The number of rotatable bonds is 8. The lowest BCUT2D eigenvalue weighted by Gasteiger charge is -2.15. The topological polar surface area (TPSA) is 90.9 Å². The lowest BCUT2D eigenvalue weighted by molar-refractivity contribution is -0.155. The van der Waals surface area contributed by atoms with Crippen molar-refractivity contribution in [2.24, 2.45) is 0 Å². The molecule has 1 N–H and O–H groups in total. The van der Waals surface area contributed by atoms with Crippen molar-refractivity contribution in [2.75, 3.05) is 18.5 Å². The van der Waals surface area contributed by atoms with Gasteiger partial charge in [0.15, 0.2) is 12.7 Å². The van der Waals surface area contributed by atoms with Crippen molar-refractivity contribution in [2.45, 2.75) is 45.6 Å². The molecule has 1 unspecified atom stereocenters. The Balaban J connectivity index is 1.36. The summed E-state index contributed by atoms with van der Waals surface area (Å²) in [5.41, 5.74) is 1.38. The zero-order valence-electron chi connectivity index (χ0n) is 19.2. The number of ether oxygens (including phenoxy) is 3. The second-order valence-corrected chi connectivity index (χ2v) is 9.16. The molecule has 0 bridgehead atoms. The van der Waals surface area contributed by atoms with Crippen molar-refractivity contribution in [1.82, 2.24) is 0 Å². The highest BCUT2D eigenvalue weighted by molar-refractivity contribution is 7.17. The Bertz CT molecular complexity index is 1220. The van der Waals surface area contributed by atoms with Gasteiger partial charge in [0, 0.05) is 4.88 Å². The minimum atomic E-state index is -1.05. The Hall–Kier alpha value is -3.39. The van der Waals surface area contributed by atoms with E-state index in [1.165, 1.54) is 18.3 Å². The van der Waals surface area contributed by atoms with E-state index in [-0.39, 0.29) is 13.2 Å². The van der Waals surface area contributed by atoms with Gasteiger partial charge in [-0.25, -0.2) is 9.59 Å². The van der Waals surface area contributed by atoms with Gasteiger partial charge in [0.2, 0.25) is 0 Å². The summed E-state index contributed by atoms with van der Waals surface area (Å²) in [6, 6.07) is 13.4. The average Bonchev–Trinajstić information content (AvgIpc) is 3.20. The van der Waals surface area contributed by atoms with Crippen LogP contribution in [0.25, 0.3) is 10.8 Å². The number of carbonyl (C=O) groups excluding carboxylic acids is 3. The number of hydrogen-bond donors (Lipinski definition) is 1. The predicted molar refractivity (Wildman–Crippen MR) is 131 cm³/mol. The molecule has 2 aromatic carbocycles. The van der Waals surface area contributed by atoms with Gasteiger partial charge in [-0.05, 0) is 68.0 Å². The Morgan fingerprint density at radius 1 is 1.06 bits per heavy atom. The molecule has 0 radical (unpaired) electrons. The van der Waals surface area contributed by atoms with E-state index < -0.39 is 23.9 Å². The monoisotopic (exact) mass is 481 g/mol. The molecule has 4 rings (SSSR count). The first-order valence-corrected chi connectivity index (χ1v) is 12.2. The molecule has 1 aliphatic rings. The number of amides is 1. The van der Waals surface area contributed by atoms with Gasteiger partial charge in [0.05, 0.1) is 12.2 Å². The van der Waals surface area contributed by atoms with Gasteiger partial charge < -0.3 is 19.5 Å². The van der Waals surface area contributed by atoms with E-state index in [2.05, 4.69) is 5.32 Å². The molecular weight excluding hydrogens is 454 g/mol. The van der Waals surface area contributed by atoms with Crippen molar-refractivity contribution in [3.63, 3.8) is 0 Å². The van der Waals surface area contributed by atoms with Gasteiger partial charge in [0.1, 0.15) is 10.8 Å². The Morgan fingerprint density at radius 3 is 2.62 bits per heavy atom. The molecule has 0 saturated heterocycles. The molecule has 1 aromatic heterocycles. The molecule has 0 saturated carbocycles. The zero-order chi connectivity index (χ0) is 24.1.